The highest BCUT2D eigenvalue weighted by atomic mass is 15.4. The molecule has 0 unspecified atom stereocenters. The molecule has 0 aliphatic carbocycles. The van der Waals surface area contributed by atoms with Gasteiger partial charge in [0.2, 0.25) is 0 Å². The van der Waals surface area contributed by atoms with Crippen LogP contribution < -0.4 is 23.4 Å². The number of para-hydroxylation sites is 10. The molecule has 12 heteroatoms. The monoisotopic (exact) mass is 2020 g/mol. The van der Waals surface area contributed by atoms with Crippen LogP contribution in [-0.4, -0.2) is 45.7 Å². The number of pyridine rings is 1. The molecule has 149 heavy (non-hydrogen) atoms. The maximum absolute atomic E-state index is 2.47. The van der Waals surface area contributed by atoms with Crippen molar-refractivity contribution in [3.05, 3.63) is 391 Å². The van der Waals surface area contributed by atoms with E-state index in [1.54, 1.807) is 0 Å². The molecule has 0 saturated heterocycles. The normalized spacial score (nSPS) is 10.4. The van der Waals surface area contributed by atoms with Gasteiger partial charge in [0.15, 0.2) is 26.5 Å². The van der Waals surface area contributed by atoms with E-state index in [-0.39, 0.29) is 0 Å². The molecule has 2 aliphatic heterocycles. The van der Waals surface area contributed by atoms with Gasteiger partial charge in [-0.2, -0.15) is 9.13 Å². The molecule has 12 aromatic carbocycles. The van der Waals surface area contributed by atoms with Crippen LogP contribution in [0.3, 0.4) is 0 Å². The van der Waals surface area contributed by atoms with E-state index in [9.17, 15) is 0 Å². The van der Waals surface area contributed by atoms with Crippen molar-refractivity contribution in [2.75, 3.05) is 11.9 Å². The Labute approximate surface area is 908 Å². The van der Waals surface area contributed by atoms with Crippen LogP contribution in [0, 0.1) is 48.5 Å². The van der Waals surface area contributed by atoms with Crippen LogP contribution >= 0.6 is 0 Å². The summed E-state index contributed by atoms with van der Waals surface area (Å²) in [5.41, 5.74) is 29.6. The lowest BCUT2D eigenvalue weighted by atomic mass is 9.90. The van der Waals surface area contributed by atoms with Crippen LogP contribution in [0.5, 0.6) is 0 Å². The number of hydrogen-bond acceptors (Lipinski definition) is 2. The zero-order valence-corrected chi connectivity index (χ0v) is 102. The Balaban J connectivity index is 0. The number of benzene rings is 12. The van der Waals surface area contributed by atoms with Crippen molar-refractivity contribution in [1.29, 1.82) is 0 Å². The Kier molecular flexibility index (Phi) is 71.4. The SMILES string of the molecule is CC.CC.CC.CC.CC.CC.CC.CC.CC.CC.CC.CC.CC.CC.CC.CC.CC.Cc1cccc2c1N1C(=CN(C)[C@@H]1C)c1ccccc1-2.Cc1cccc2c3ccccc3n(-c3cccc[n+]3C)c12.Cc1cccc2c3ccccc3n(-c3n(C)cc[n+]3C)c12.Cc1ccccc1-n1c(-c2ccccc2)cc[n+]1C.Cc1ccccc1-n1c2ccccc2c2cccc(C)c21.Cc1ccccc1-n1ccc[n+]1C. The molecule has 1 atom stereocenters. The summed E-state index contributed by atoms with van der Waals surface area (Å²) in [6.07, 6.45) is 15.1. The highest BCUT2D eigenvalue weighted by molar-refractivity contribution is 6.12. The van der Waals surface area contributed by atoms with Crippen molar-refractivity contribution in [3.63, 3.8) is 0 Å². The van der Waals surface area contributed by atoms with E-state index in [4.69, 9.17) is 0 Å². The van der Waals surface area contributed by atoms with Gasteiger partial charge in [-0.15, -0.1) is 18.7 Å². The summed E-state index contributed by atoms with van der Waals surface area (Å²) in [5.74, 6) is 2.34. The Morgan fingerprint density at radius 1 is 0.248 bits per heavy atom. The fourth-order valence-electron chi connectivity index (χ4n) is 17.0. The molecule has 0 saturated carbocycles. The summed E-state index contributed by atoms with van der Waals surface area (Å²) in [6, 6.07) is 107. The van der Waals surface area contributed by atoms with E-state index in [0.717, 1.165) is 5.95 Å². The Morgan fingerprint density at radius 3 is 1.03 bits per heavy atom. The number of nitrogens with zero attached hydrogens (tertiary/aromatic N) is 12. The molecule has 19 aromatic rings. The number of anilines is 1. The van der Waals surface area contributed by atoms with Crippen molar-refractivity contribution in [2.24, 2.45) is 35.2 Å². The molecule has 2 aliphatic rings. The summed E-state index contributed by atoms with van der Waals surface area (Å²) in [6.45, 7) is 85.5. The fourth-order valence-corrected chi connectivity index (χ4v) is 17.0. The van der Waals surface area contributed by atoms with E-state index in [0.29, 0.717) is 6.17 Å². The second kappa shape index (κ2) is 77.5. The molecule has 9 heterocycles. The van der Waals surface area contributed by atoms with E-state index >= 15 is 0 Å². The second-order valence-electron chi connectivity index (χ2n) is 30.4. The lowest BCUT2D eigenvalue weighted by Crippen LogP contribution is -2.37. The minimum Gasteiger partial charge on any atom is -0.358 e. The molecular weight excluding hydrogens is 1810 g/mol. The maximum atomic E-state index is 2.47. The minimum atomic E-state index is 0.359. The smallest absolute Gasteiger partial charge is 0.358 e. The van der Waals surface area contributed by atoms with Crippen molar-refractivity contribution in [3.8, 4) is 51.2 Å². The van der Waals surface area contributed by atoms with Crippen molar-refractivity contribution >= 4 is 76.8 Å². The van der Waals surface area contributed by atoms with Gasteiger partial charge >= 0.3 is 5.95 Å². The van der Waals surface area contributed by atoms with Gasteiger partial charge in [0.05, 0.1) is 68.3 Å². The molecule has 21 rings (SSSR count). The molecule has 0 spiro atoms. The number of aryl methyl sites for hydroxylation is 12. The predicted octanol–water partition coefficient (Wildman–Crippen LogP) is 39.0. The summed E-state index contributed by atoms with van der Waals surface area (Å²) in [5, 5.41) is 7.88. The summed E-state index contributed by atoms with van der Waals surface area (Å²) in [7, 11) is 12.5. The molecule has 0 radical (unpaired) electrons. The first kappa shape index (κ1) is 137. The van der Waals surface area contributed by atoms with Crippen LogP contribution in [-0.2, 0) is 35.2 Å². The first-order valence-corrected chi connectivity index (χ1v) is 56.7. The minimum absolute atomic E-state index is 0.359. The molecule has 0 fully saturated rings. The highest BCUT2D eigenvalue weighted by Gasteiger charge is 2.36. The fraction of sp³-hybridized carbons (Fsp3) is 0.358. The third-order valence-electron chi connectivity index (χ3n) is 22.8. The third-order valence-corrected chi connectivity index (χ3v) is 22.8. The second-order valence-corrected chi connectivity index (χ2v) is 30.4. The van der Waals surface area contributed by atoms with Gasteiger partial charge in [-0.1, -0.05) is 466 Å². The quantitative estimate of drug-likeness (QED) is 0.156. The average Bonchev–Trinajstić information content (AvgIpc) is 1.65. The predicted molar refractivity (Wildman–Crippen MR) is 669 cm³/mol. The molecule has 806 valence electrons. The Morgan fingerprint density at radius 2 is 0.597 bits per heavy atom. The van der Waals surface area contributed by atoms with Crippen LogP contribution in [0.1, 0.15) is 287 Å². The first-order chi connectivity index (χ1) is 73.0. The molecule has 0 bridgehead atoms. The maximum Gasteiger partial charge on any atom is 0.369 e. The molecule has 7 aromatic heterocycles. The van der Waals surface area contributed by atoms with Crippen molar-refractivity contribution in [1.82, 2.24) is 32.5 Å². The highest BCUT2D eigenvalue weighted by Crippen LogP contribution is 2.49. The van der Waals surface area contributed by atoms with Crippen molar-refractivity contribution in [2.45, 2.75) is 297 Å². The molecule has 0 N–H and O–H groups in total. The zero-order valence-electron chi connectivity index (χ0n) is 102. The third kappa shape index (κ3) is 34.1. The number of aromatic nitrogens is 10. The van der Waals surface area contributed by atoms with Crippen LogP contribution in [0.2, 0.25) is 0 Å². The number of hydrogen-bond donors (Lipinski definition) is 0. The van der Waals surface area contributed by atoms with Crippen LogP contribution in [0.15, 0.2) is 347 Å². The van der Waals surface area contributed by atoms with E-state index in [1.807, 2.05) is 261 Å². The van der Waals surface area contributed by atoms with E-state index in [1.165, 1.54) is 167 Å². The first-order valence-electron chi connectivity index (χ1n) is 56.7. The van der Waals surface area contributed by atoms with Gasteiger partial charge in [0.1, 0.15) is 45.3 Å². The zero-order chi connectivity index (χ0) is 114. The summed E-state index contributed by atoms with van der Waals surface area (Å²) in [4.78, 5) is 4.75. The number of rotatable bonds is 6. The largest absolute Gasteiger partial charge is 0.369 e. The summed E-state index contributed by atoms with van der Waals surface area (Å²) >= 11 is 0. The lowest BCUT2D eigenvalue weighted by molar-refractivity contribution is -0.744. The number of imidazole rings is 1. The van der Waals surface area contributed by atoms with Gasteiger partial charge in [0.25, 0.3) is 5.82 Å². The van der Waals surface area contributed by atoms with E-state index < -0.39 is 0 Å². The number of fused-ring (bicyclic) bond motifs is 15. The average molecular weight is 2020 g/mol. The molecule has 12 nitrogen and oxygen atoms in total. The standard InChI is InChI=1S/C20H17N.C19H17N2.C18H18N3.C18H18N2.C17H17N2.C11H13N2.17C2H6/c1-14-8-3-5-12-18(14)21-19-13-6-4-10-16(19)17-11-7-9-15(2)20(17)21;1-14-8-7-10-16-15-9-3-4-11-17(15)21(19(14)16)18-12-5-6-13-20(18)2;1-13-7-6-9-15-14-8-4-5-10-16(14)21(17(13)15)18-19(2)11-12-20(18)3;1-12-7-6-10-16-14-8-4-5-9-15(14)17-11-19(3)13(2)20(17)18(12)16;1-14-8-6-7-11-16(14)19-17(12-13-18(19)2)15-9-4-3-5-10-15;1-10-6-3-4-7-11(10)13-9-5-8-12(13)2;17*1-2/h2*3-13H,1-2H3;4-12H,1-3H3;4-11,13H,1-3H3;3-13H,1-2H3;3-9H,1-2H3;17*1-2H3/q;2*+1;;2*+1;;;;;;;;;;;;;;;;;/t;;;13-;;;;;;;;;;;;;;;;;;;/m...0.................../s1. The van der Waals surface area contributed by atoms with Gasteiger partial charge in [0, 0.05) is 86.1 Å². The van der Waals surface area contributed by atoms with Crippen LogP contribution in [0.25, 0.3) is 122 Å². The Bertz CT molecular complexity index is 6650. The molecular formula is C137H202N12+4. The van der Waals surface area contributed by atoms with Crippen molar-refractivity contribution < 1.29 is 18.5 Å². The lowest BCUT2D eigenvalue weighted by Gasteiger charge is -2.36. The van der Waals surface area contributed by atoms with Gasteiger partial charge in [-0.25, -0.2) is 13.7 Å². The Hall–Kier alpha value is -13.8. The molecule has 0 amide bonds. The summed E-state index contributed by atoms with van der Waals surface area (Å²) < 4.78 is 22.2. The van der Waals surface area contributed by atoms with Gasteiger partial charge in [-0.05, 0) is 154 Å². The van der Waals surface area contributed by atoms with Crippen LogP contribution in [0.4, 0.5) is 5.69 Å². The topological polar surface area (TPSA) is 51.6 Å². The van der Waals surface area contributed by atoms with E-state index in [2.05, 4.69) is 475 Å². The van der Waals surface area contributed by atoms with Gasteiger partial charge in [-0.3, -0.25) is 0 Å². The van der Waals surface area contributed by atoms with Gasteiger partial charge < -0.3 is 14.4 Å².